The Bertz CT molecular complexity index is 662. The number of benzene rings is 1. The predicted octanol–water partition coefficient (Wildman–Crippen LogP) is 5.22. The first-order valence-electron chi connectivity index (χ1n) is 7.94. The Labute approximate surface area is 146 Å². The summed E-state index contributed by atoms with van der Waals surface area (Å²) in [5, 5.41) is 4.37. The number of rotatable bonds is 3. The molecule has 0 bridgehead atoms. The Morgan fingerprint density at radius 1 is 0.913 bits per heavy atom. The Morgan fingerprint density at radius 3 is 2.22 bits per heavy atom. The molecule has 6 heteroatoms. The van der Waals surface area contributed by atoms with E-state index in [0.29, 0.717) is 16.0 Å². The first-order chi connectivity index (χ1) is 11.1. The average molecular weight is 351 g/mol. The second-order valence-corrected chi connectivity index (χ2v) is 6.75. The van der Waals surface area contributed by atoms with Gasteiger partial charge in [-0.2, -0.15) is 4.98 Å². The van der Waals surface area contributed by atoms with E-state index in [1.807, 2.05) is 25.1 Å². The van der Waals surface area contributed by atoms with E-state index in [0.717, 1.165) is 30.3 Å². The number of aromatic nitrogens is 2. The Morgan fingerprint density at radius 2 is 1.57 bits per heavy atom. The second-order valence-electron chi connectivity index (χ2n) is 5.88. The van der Waals surface area contributed by atoms with Gasteiger partial charge in [0.15, 0.2) is 0 Å². The molecule has 1 fully saturated rings. The van der Waals surface area contributed by atoms with E-state index >= 15 is 0 Å². The van der Waals surface area contributed by atoms with Gasteiger partial charge in [-0.25, -0.2) is 4.98 Å². The Hall–Kier alpha value is -1.52. The van der Waals surface area contributed by atoms with Crippen LogP contribution in [0, 0.1) is 6.92 Å². The minimum Gasteiger partial charge on any atom is -0.356 e. The van der Waals surface area contributed by atoms with Crippen molar-refractivity contribution in [2.75, 3.05) is 23.3 Å². The van der Waals surface area contributed by atoms with Gasteiger partial charge in [0, 0.05) is 40.6 Å². The molecule has 0 saturated carbocycles. The molecule has 3 rings (SSSR count). The van der Waals surface area contributed by atoms with E-state index in [-0.39, 0.29) is 0 Å². The van der Waals surface area contributed by atoms with Crippen LogP contribution in [0.3, 0.4) is 0 Å². The van der Waals surface area contributed by atoms with E-state index in [1.54, 1.807) is 6.07 Å². The summed E-state index contributed by atoms with van der Waals surface area (Å²) in [6, 6.07) is 7.37. The van der Waals surface area contributed by atoms with Gasteiger partial charge >= 0.3 is 0 Å². The summed E-state index contributed by atoms with van der Waals surface area (Å²) in [5.74, 6) is 1.55. The summed E-state index contributed by atoms with van der Waals surface area (Å²) in [5.41, 5.74) is 1.73. The van der Waals surface area contributed by atoms with Crippen LogP contribution >= 0.6 is 23.2 Å². The first kappa shape index (κ1) is 16.3. The predicted molar refractivity (Wildman–Crippen MR) is 97.2 cm³/mol. The summed E-state index contributed by atoms with van der Waals surface area (Å²) < 4.78 is 0. The molecule has 0 unspecified atom stereocenters. The monoisotopic (exact) mass is 350 g/mol. The number of aryl methyl sites for hydroxylation is 1. The molecule has 2 aromatic rings. The van der Waals surface area contributed by atoms with Gasteiger partial charge in [0.1, 0.15) is 5.82 Å². The molecule has 0 amide bonds. The lowest BCUT2D eigenvalue weighted by Crippen LogP contribution is -2.25. The fraction of sp³-hybridized carbons (Fsp3) is 0.412. The average Bonchev–Trinajstić information content (AvgIpc) is 2.74. The van der Waals surface area contributed by atoms with Crippen LogP contribution in [-0.4, -0.2) is 23.1 Å². The lowest BCUT2D eigenvalue weighted by Gasteiger charge is -2.22. The highest BCUT2D eigenvalue weighted by atomic mass is 35.5. The molecule has 0 atom stereocenters. The van der Waals surface area contributed by atoms with Crippen molar-refractivity contribution in [2.24, 2.45) is 0 Å². The van der Waals surface area contributed by atoms with Crippen molar-refractivity contribution in [2.45, 2.75) is 32.6 Å². The van der Waals surface area contributed by atoms with Crippen LogP contribution < -0.4 is 10.2 Å². The lowest BCUT2D eigenvalue weighted by atomic mass is 10.2. The number of nitrogens with zero attached hydrogens (tertiary/aromatic N) is 3. The molecule has 0 radical (unpaired) electrons. The largest absolute Gasteiger partial charge is 0.356 e. The number of halogens is 2. The fourth-order valence-corrected chi connectivity index (χ4v) is 3.35. The molecule has 1 N–H and O–H groups in total. The molecule has 23 heavy (non-hydrogen) atoms. The highest BCUT2D eigenvalue weighted by molar-refractivity contribution is 6.35. The van der Waals surface area contributed by atoms with E-state index in [9.17, 15) is 0 Å². The Balaban J connectivity index is 1.84. The van der Waals surface area contributed by atoms with Gasteiger partial charge in [-0.3, -0.25) is 0 Å². The summed E-state index contributed by atoms with van der Waals surface area (Å²) in [6.45, 7) is 4.09. The number of nitrogens with one attached hydrogen (secondary N) is 1. The number of hydrogen-bond acceptors (Lipinski definition) is 4. The zero-order valence-electron chi connectivity index (χ0n) is 13.1. The minimum atomic E-state index is 0.572. The zero-order valence-corrected chi connectivity index (χ0v) is 14.7. The molecule has 4 nitrogen and oxygen atoms in total. The first-order valence-corrected chi connectivity index (χ1v) is 8.69. The Kier molecular flexibility index (Phi) is 5.23. The molecule has 1 aliphatic heterocycles. The molecule has 122 valence electrons. The standard InChI is InChI=1S/C17H20Cl2N4/c1-12-8-16(23-6-4-2-3-5-7-23)22-17(20-12)21-15-10-13(18)9-14(19)11-15/h8-11H,2-7H2,1H3,(H,20,21,22). The normalized spacial score (nSPS) is 15.3. The van der Waals surface area contributed by atoms with Gasteiger partial charge < -0.3 is 10.2 Å². The van der Waals surface area contributed by atoms with Crippen molar-refractivity contribution in [1.29, 1.82) is 0 Å². The maximum atomic E-state index is 6.05. The van der Waals surface area contributed by atoms with E-state index < -0.39 is 0 Å². The van der Waals surface area contributed by atoms with Crippen LogP contribution in [-0.2, 0) is 0 Å². The van der Waals surface area contributed by atoms with Crippen LogP contribution in [0.4, 0.5) is 17.5 Å². The third-order valence-corrected chi connectivity index (χ3v) is 4.33. The van der Waals surface area contributed by atoms with Crippen LogP contribution in [0.5, 0.6) is 0 Å². The van der Waals surface area contributed by atoms with Crippen molar-refractivity contribution in [3.63, 3.8) is 0 Å². The molecular formula is C17H20Cl2N4. The number of anilines is 3. The van der Waals surface area contributed by atoms with Crippen LogP contribution in [0.15, 0.2) is 24.3 Å². The highest BCUT2D eigenvalue weighted by Crippen LogP contribution is 2.25. The zero-order chi connectivity index (χ0) is 16.2. The van der Waals surface area contributed by atoms with Crippen molar-refractivity contribution < 1.29 is 0 Å². The van der Waals surface area contributed by atoms with Gasteiger partial charge in [0.2, 0.25) is 5.95 Å². The van der Waals surface area contributed by atoms with Gasteiger partial charge in [-0.1, -0.05) is 36.0 Å². The molecule has 1 aromatic heterocycles. The molecule has 1 aliphatic rings. The van der Waals surface area contributed by atoms with E-state index in [2.05, 4.69) is 20.2 Å². The third-order valence-electron chi connectivity index (χ3n) is 3.89. The van der Waals surface area contributed by atoms with Crippen LogP contribution in [0.2, 0.25) is 10.0 Å². The second kappa shape index (κ2) is 7.37. The SMILES string of the molecule is Cc1cc(N2CCCCCC2)nc(Nc2cc(Cl)cc(Cl)c2)n1. The summed E-state index contributed by atoms with van der Waals surface area (Å²) in [6.07, 6.45) is 5.03. The van der Waals surface area contributed by atoms with Crippen molar-refractivity contribution in [3.05, 3.63) is 40.0 Å². The molecule has 0 aliphatic carbocycles. The van der Waals surface area contributed by atoms with Crippen molar-refractivity contribution in [1.82, 2.24) is 9.97 Å². The molecule has 2 heterocycles. The summed E-state index contributed by atoms with van der Waals surface area (Å²) >= 11 is 12.1. The van der Waals surface area contributed by atoms with Gasteiger partial charge in [0.05, 0.1) is 0 Å². The van der Waals surface area contributed by atoms with Gasteiger partial charge in [0.25, 0.3) is 0 Å². The van der Waals surface area contributed by atoms with E-state index in [4.69, 9.17) is 23.2 Å². The summed E-state index contributed by atoms with van der Waals surface area (Å²) in [7, 11) is 0. The van der Waals surface area contributed by atoms with Gasteiger partial charge in [-0.05, 0) is 38.0 Å². The van der Waals surface area contributed by atoms with Gasteiger partial charge in [-0.15, -0.1) is 0 Å². The molecule has 1 aromatic carbocycles. The molecule has 0 spiro atoms. The molecule has 1 saturated heterocycles. The number of hydrogen-bond donors (Lipinski definition) is 1. The lowest BCUT2D eigenvalue weighted by molar-refractivity contribution is 0.726. The minimum absolute atomic E-state index is 0.572. The fourth-order valence-electron chi connectivity index (χ4n) is 2.82. The van der Waals surface area contributed by atoms with E-state index in [1.165, 1.54) is 25.7 Å². The quantitative estimate of drug-likeness (QED) is 0.824. The topological polar surface area (TPSA) is 41.1 Å². The smallest absolute Gasteiger partial charge is 0.229 e. The highest BCUT2D eigenvalue weighted by Gasteiger charge is 2.13. The third kappa shape index (κ3) is 4.49. The van der Waals surface area contributed by atoms with Crippen molar-refractivity contribution >= 4 is 40.7 Å². The maximum absolute atomic E-state index is 6.05. The van der Waals surface area contributed by atoms with Crippen LogP contribution in [0.25, 0.3) is 0 Å². The van der Waals surface area contributed by atoms with Crippen molar-refractivity contribution in [3.8, 4) is 0 Å². The molecular weight excluding hydrogens is 331 g/mol. The van der Waals surface area contributed by atoms with Crippen LogP contribution in [0.1, 0.15) is 31.4 Å². The summed E-state index contributed by atoms with van der Waals surface area (Å²) in [4.78, 5) is 11.5. The maximum Gasteiger partial charge on any atom is 0.229 e.